The zero-order chi connectivity index (χ0) is 16.0. The summed E-state index contributed by atoms with van der Waals surface area (Å²) in [7, 11) is 0. The standard InChI is InChI=1S/C20H23F2N/c1-13-3-2-4-18(20(13,21)22)17-8-7-15-6-5-14-9-11-23-12-10-16(14)19(15)17/h2-6,17-18,23H,7-12H2,1H3. The lowest BCUT2D eigenvalue weighted by atomic mass is 9.76. The molecule has 4 rings (SSSR count). The summed E-state index contributed by atoms with van der Waals surface area (Å²) in [5.41, 5.74) is 5.45. The van der Waals surface area contributed by atoms with Crippen molar-refractivity contribution in [3.63, 3.8) is 0 Å². The Hall–Kier alpha value is -1.48. The van der Waals surface area contributed by atoms with Crippen LogP contribution < -0.4 is 5.32 Å². The second kappa shape index (κ2) is 5.55. The van der Waals surface area contributed by atoms with Crippen LogP contribution in [0.2, 0.25) is 0 Å². The molecule has 1 aromatic rings. The van der Waals surface area contributed by atoms with Crippen LogP contribution >= 0.6 is 0 Å². The number of allylic oxidation sites excluding steroid dienone is 4. The third kappa shape index (κ3) is 2.37. The normalized spacial score (nSPS) is 28.7. The first-order valence-electron chi connectivity index (χ1n) is 8.66. The van der Waals surface area contributed by atoms with E-state index in [1.165, 1.54) is 22.3 Å². The molecule has 23 heavy (non-hydrogen) atoms. The third-order valence-electron chi connectivity index (χ3n) is 5.81. The Morgan fingerprint density at radius 2 is 1.87 bits per heavy atom. The van der Waals surface area contributed by atoms with Crippen LogP contribution in [0.25, 0.3) is 0 Å². The average Bonchev–Trinajstić information content (AvgIpc) is 2.80. The first kappa shape index (κ1) is 15.1. The van der Waals surface area contributed by atoms with Gasteiger partial charge in [-0.05, 0) is 79.4 Å². The number of fused-ring (bicyclic) bond motifs is 3. The lowest BCUT2D eigenvalue weighted by Gasteiger charge is -2.33. The molecule has 0 saturated heterocycles. The second-order valence-corrected chi connectivity index (χ2v) is 7.05. The molecule has 0 fully saturated rings. The van der Waals surface area contributed by atoms with E-state index in [9.17, 15) is 8.78 Å². The fourth-order valence-electron chi connectivity index (χ4n) is 4.54. The van der Waals surface area contributed by atoms with E-state index in [0.29, 0.717) is 0 Å². The number of halogens is 2. The first-order valence-corrected chi connectivity index (χ1v) is 8.66. The highest BCUT2D eigenvalue weighted by Crippen LogP contribution is 2.50. The molecule has 0 saturated carbocycles. The molecular weight excluding hydrogens is 292 g/mol. The topological polar surface area (TPSA) is 12.0 Å². The number of nitrogens with one attached hydrogen (secondary N) is 1. The Kier molecular flexibility index (Phi) is 3.64. The summed E-state index contributed by atoms with van der Waals surface area (Å²) in [5, 5.41) is 3.43. The van der Waals surface area contributed by atoms with Crippen molar-refractivity contribution in [1.82, 2.24) is 5.32 Å². The van der Waals surface area contributed by atoms with Crippen molar-refractivity contribution in [2.75, 3.05) is 13.1 Å². The molecule has 0 amide bonds. The van der Waals surface area contributed by atoms with Crippen LogP contribution in [0.4, 0.5) is 8.78 Å². The molecule has 1 aliphatic heterocycles. The smallest absolute Gasteiger partial charge is 0.276 e. The van der Waals surface area contributed by atoms with Gasteiger partial charge in [0, 0.05) is 0 Å². The Balaban J connectivity index is 1.79. The second-order valence-electron chi connectivity index (χ2n) is 7.05. The minimum absolute atomic E-state index is 0.0482. The molecule has 122 valence electrons. The predicted octanol–water partition coefficient (Wildman–Crippen LogP) is 4.17. The highest BCUT2D eigenvalue weighted by molar-refractivity contribution is 5.49. The number of rotatable bonds is 1. The summed E-state index contributed by atoms with van der Waals surface area (Å²) in [6, 6.07) is 4.41. The third-order valence-corrected chi connectivity index (χ3v) is 5.81. The van der Waals surface area contributed by atoms with Gasteiger partial charge >= 0.3 is 0 Å². The van der Waals surface area contributed by atoms with Crippen LogP contribution in [-0.4, -0.2) is 19.0 Å². The van der Waals surface area contributed by atoms with Gasteiger partial charge in [0.05, 0.1) is 5.92 Å². The van der Waals surface area contributed by atoms with Gasteiger partial charge in [0.25, 0.3) is 5.92 Å². The van der Waals surface area contributed by atoms with E-state index in [2.05, 4.69) is 17.4 Å². The van der Waals surface area contributed by atoms with Crippen molar-refractivity contribution in [3.8, 4) is 0 Å². The van der Waals surface area contributed by atoms with Gasteiger partial charge < -0.3 is 5.32 Å². The monoisotopic (exact) mass is 315 g/mol. The molecule has 2 aliphatic carbocycles. The van der Waals surface area contributed by atoms with Crippen molar-refractivity contribution < 1.29 is 8.78 Å². The zero-order valence-corrected chi connectivity index (χ0v) is 13.5. The molecule has 1 heterocycles. The molecule has 3 heteroatoms. The van der Waals surface area contributed by atoms with Crippen molar-refractivity contribution >= 4 is 0 Å². The van der Waals surface area contributed by atoms with Crippen LogP contribution in [-0.2, 0) is 19.3 Å². The minimum Gasteiger partial charge on any atom is -0.316 e. The maximum atomic E-state index is 14.8. The van der Waals surface area contributed by atoms with Crippen LogP contribution in [0.3, 0.4) is 0 Å². The van der Waals surface area contributed by atoms with Gasteiger partial charge in [0.1, 0.15) is 0 Å². The summed E-state index contributed by atoms with van der Waals surface area (Å²) < 4.78 is 29.6. The molecular formula is C20H23F2N. The van der Waals surface area contributed by atoms with E-state index in [0.717, 1.165) is 38.8 Å². The molecule has 0 bridgehead atoms. The molecule has 1 nitrogen and oxygen atoms in total. The quantitative estimate of drug-likeness (QED) is 0.820. The number of hydrogen-bond acceptors (Lipinski definition) is 1. The summed E-state index contributed by atoms with van der Waals surface area (Å²) >= 11 is 0. The summed E-state index contributed by atoms with van der Waals surface area (Å²) in [4.78, 5) is 0. The lowest BCUT2D eigenvalue weighted by Crippen LogP contribution is -2.34. The number of alkyl halides is 2. The van der Waals surface area contributed by atoms with E-state index in [1.54, 1.807) is 19.1 Å². The molecule has 3 aliphatic rings. The maximum absolute atomic E-state index is 14.8. The van der Waals surface area contributed by atoms with Gasteiger partial charge in [-0.2, -0.15) is 0 Å². The predicted molar refractivity (Wildman–Crippen MR) is 89.1 cm³/mol. The lowest BCUT2D eigenvalue weighted by molar-refractivity contribution is -0.0138. The van der Waals surface area contributed by atoms with E-state index < -0.39 is 11.8 Å². The average molecular weight is 315 g/mol. The van der Waals surface area contributed by atoms with Gasteiger partial charge in [-0.15, -0.1) is 0 Å². The first-order chi connectivity index (χ1) is 11.1. The van der Waals surface area contributed by atoms with Crippen molar-refractivity contribution in [2.45, 2.75) is 44.4 Å². The van der Waals surface area contributed by atoms with Crippen LogP contribution in [0.5, 0.6) is 0 Å². The zero-order valence-electron chi connectivity index (χ0n) is 13.5. The summed E-state index contributed by atoms with van der Waals surface area (Å²) in [6.07, 6.45) is 8.86. The SMILES string of the molecule is CC1=CC=CC(C2CCc3ccc4c(c32)CCNCC4)C1(F)F. The van der Waals surface area contributed by atoms with Gasteiger partial charge in [-0.3, -0.25) is 0 Å². The fraction of sp³-hybridized carbons (Fsp3) is 0.500. The van der Waals surface area contributed by atoms with E-state index >= 15 is 0 Å². The van der Waals surface area contributed by atoms with Crippen molar-refractivity contribution in [2.24, 2.45) is 5.92 Å². The van der Waals surface area contributed by atoms with Crippen LogP contribution in [0.1, 0.15) is 41.5 Å². The molecule has 0 radical (unpaired) electrons. The summed E-state index contributed by atoms with van der Waals surface area (Å²) in [6.45, 7) is 3.49. The van der Waals surface area contributed by atoms with Gasteiger partial charge in [0.15, 0.2) is 0 Å². The largest absolute Gasteiger partial charge is 0.316 e. The number of aryl methyl sites for hydroxylation is 1. The van der Waals surface area contributed by atoms with E-state index in [-0.39, 0.29) is 11.5 Å². The van der Waals surface area contributed by atoms with Crippen LogP contribution in [0.15, 0.2) is 35.9 Å². The van der Waals surface area contributed by atoms with E-state index in [1.807, 2.05) is 6.08 Å². The van der Waals surface area contributed by atoms with Crippen LogP contribution in [0, 0.1) is 5.92 Å². The fourth-order valence-corrected chi connectivity index (χ4v) is 4.54. The number of benzene rings is 1. The Morgan fingerprint density at radius 3 is 2.74 bits per heavy atom. The maximum Gasteiger partial charge on any atom is 0.276 e. The molecule has 2 unspecified atom stereocenters. The summed E-state index contributed by atoms with van der Waals surface area (Å²) in [5.74, 6) is -3.48. The Bertz CT molecular complexity index is 687. The Labute approximate surface area is 136 Å². The minimum atomic E-state index is -2.73. The highest BCUT2D eigenvalue weighted by Gasteiger charge is 2.47. The number of hydrogen-bond donors (Lipinski definition) is 1. The van der Waals surface area contributed by atoms with Gasteiger partial charge in [-0.1, -0.05) is 30.4 Å². The van der Waals surface area contributed by atoms with Gasteiger partial charge in [-0.25, -0.2) is 8.78 Å². The van der Waals surface area contributed by atoms with E-state index in [4.69, 9.17) is 0 Å². The molecule has 2 atom stereocenters. The highest BCUT2D eigenvalue weighted by atomic mass is 19.3. The molecule has 1 aromatic carbocycles. The Morgan fingerprint density at radius 1 is 1.09 bits per heavy atom. The molecule has 0 aromatic heterocycles. The van der Waals surface area contributed by atoms with Crippen molar-refractivity contribution in [1.29, 1.82) is 0 Å². The molecule has 1 N–H and O–H groups in total. The van der Waals surface area contributed by atoms with Crippen molar-refractivity contribution in [3.05, 3.63) is 58.2 Å². The molecule has 0 spiro atoms. The van der Waals surface area contributed by atoms with Gasteiger partial charge in [0.2, 0.25) is 0 Å².